The van der Waals surface area contributed by atoms with Crippen LogP contribution in [0.5, 0.6) is 0 Å². The van der Waals surface area contributed by atoms with Crippen LogP contribution in [0.4, 0.5) is 0 Å². The number of rotatable bonds is 2. The van der Waals surface area contributed by atoms with Gasteiger partial charge in [-0.15, -0.1) is 0 Å². The third-order valence-corrected chi connectivity index (χ3v) is 3.25. The lowest BCUT2D eigenvalue weighted by atomic mass is 9.79. The molecular formula is C14H20. The fourth-order valence-corrected chi connectivity index (χ4v) is 2.67. The second-order valence-corrected chi connectivity index (χ2v) is 4.92. The highest BCUT2D eigenvalue weighted by atomic mass is 14.2. The average Bonchev–Trinajstić information content (AvgIpc) is 2.18. The Morgan fingerprint density at radius 3 is 2.86 bits per heavy atom. The van der Waals surface area contributed by atoms with Crippen molar-refractivity contribution in [2.45, 2.75) is 45.4 Å². The van der Waals surface area contributed by atoms with Crippen LogP contribution in [-0.4, -0.2) is 0 Å². The summed E-state index contributed by atoms with van der Waals surface area (Å²) in [7, 11) is 0. The lowest BCUT2D eigenvalue weighted by molar-refractivity contribution is 0.447. The van der Waals surface area contributed by atoms with Crippen LogP contribution >= 0.6 is 0 Å². The Hall–Kier alpha value is -0.780. The summed E-state index contributed by atoms with van der Waals surface area (Å²) in [6.45, 7) is 4.66. The molecular weight excluding hydrogens is 168 g/mol. The van der Waals surface area contributed by atoms with Crippen LogP contribution in [0.25, 0.3) is 0 Å². The lowest BCUT2D eigenvalue weighted by Gasteiger charge is -2.26. The van der Waals surface area contributed by atoms with Gasteiger partial charge < -0.3 is 0 Å². The summed E-state index contributed by atoms with van der Waals surface area (Å²) < 4.78 is 0. The third kappa shape index (κ3) is 2.00. The number of hydrogen-bond donors (Lipinski definition) is 0. The Morgan fingerprint density at radius 2 is 2.07 bits per heavy atom. The van der Waals surface area contributed by atoms with Gasteiger partial charge in [-0.25, -0.2) is 0 Å². The van der Waals surface area contributed by atoms with Crippen molar-refractivity contribution in [2.24, 2.45) is 5.92 Å². The first-order valence-corrected chi connectivity index (χ1v) is 5.85. The molecule has 0 saturated carbocycles. The van der Waals surface area contributed by atoms with E-state index < -0.39 is 0 Å². The fraction of sp³-hybridized carbons (Fsp3) is 0.571. The summed E-state index contributed by atoms with van der Waals surface area (Å²) in [4.78, 5) is 0. The van der Waals surface area contributed by atoms with E-state index in [0.717, 1.165) is 11.8 Å². The summed E-state index contributed by atoms with van der Waals surface area (Å²) in [5, 5.41) is 0. The second kappa shape index (κ2) is 4.16. The minimum atomic E-state index is 0.825. The number of fused-ring (bicyclic) bond motifs is 1. The summed E-state index contributed by atoms with van der Waals surface area (Å²) in [6, 6.07) is 9.01. The summed E-state index contributed by atoms with van der Waals surface area (Å²) in [5.74, 6) is 1.66. The molecule has 1 unspecified atom stereocenters. The van der Waals surface area contributed by atoms with Crippen molar-refractivity contribution in [1.29, 1.82) is 0 Å². The minimum Gasteiger partial charge on any atom is -0.0628 e. The van der Waals surface area contributed by atoms with Crippen LogP contribution in [0.15, 0.2) is 24.3 Å². The first-order chi connectivity index (χ1) is 6.77. The molecule has 0 saturated heterocycles. The van der Waals surface area contributed by atoms with Gasteiger partial charge in [-0.2, -0.15) is 0 Å². The van der Waals surface area contributed by atoms with E-state index in [-0.39, 0.29) is 0 Å². The molecule has 0 spiro atoms. The molecule has 1 atom stereocenters. The van der Waals surface area contributed by atoms with E-state index in [1.165, 1.54) is 25.7 Å². The van der Waals surface area contributed by atoms with Gasteiger partial charge in [0.15, 0.2) is 0 Å². The highest BCUT2D eigenvalue weighted by Gasteiger charge is 2.19. The van der Waals surface area contributed by atoms with Crippen LogP contribution in [0, 0.1) is 5.92 Å². The minimum absolute atomic E-state index is 0.825. The van der Waals surface area contributed by atoms with Gasteiger partial charge in [0.2, 0.25) is 0 Å². The standard InChI is InChI=1S/C14H20/c1-11(2)10-13-8-5-7-12-6-3-4-9-14(12)13/h3-4,6,9,11,13H,5,7-8,10H2,1-2H3. The Morgan fingerprint density at radius 1 is 1.29 bits per heavy atom. The molecule has 14 heavy (non-hydrogen) atoms. The van der Waals surface area contributed by atoms with E-state index in [1.807, 2.05) is 0 Å². The van der Waals surface area contributed by atoms with Gasteiger partial charge in [-0.1, -0.05) is 38.1 Å². The summed E-state index contributed by atoms with van der Waals surface area (Å²) in [6.07, 6.45) is 5.44. The maximum atomic E-state index is 2.33. The van der Waals surface area contributed by atoms with E-state index in [9.17, 15) is 0 Å². The van der Waals surface area contributed by atoms with Gasteiger partial charge >= 0.3 is 0 Å². The molecule has 0 radical (unpaired) electrons. The molecule has 0 fully saturated rings. The average molecular weight is 188 g/mol. The zero-order valence-corrected chi connectivity index (χ0v) is 9.29. The first-order valence-electron chi connectivity index (χ1n) is 5.85. The van der Waals surface area contributed by atoms with Crippen molar-refractivity contribution in [2.75, 3.05) is 0 Å². The van der Waals surface area contributed by atoms with E-state index in [1.54, 1.807) is 11.1 Å². The summed E-state index contributed by atoms with van der Waals surface area (Å²) in [5.41, 5.74) is 3.23. The maximum absolute atomic E-state index is 2.33. The Labute approximate surface area is 87.3 Å². The molecule has 0 nitrogen and oxygen atoms in total. The Balaban J connectivity index is 2.22. The molecule has 0 heteroatoms. The van der Waals surface area contributed by atoms with Gasteiger partial charge in [-0.05, 0) is 48.6 Å². The zero-order valence-electron chi connectivity index (χ0n) is 9.29. The maximum Gasteiger partial charge on any atom is -0.0157 e. The molecule has 76 valence electrons. The Bertz CT molecular complexity index is 299. The molecule has 0 N–H and O–H groups in total. The molecule has 1 aliphatic rings. The molecule has 0 heterocycles. The van der Waals surface area contributed by atoms with Gasteiger partial charge in [0.1, 0.15) is 0 Å². The molecule has 2 rings (SSSR count). The van der Waals surface area contributed by atoms with Crippen LogP contribution in [0.1, 0.15) is 50.2 Å². The van der Waals surface area contributed by atoms with Crippen LogP contribution in [0.3, 0.4) is 0 Å². The predicted molar refractivity (Wildman–Crippen MR) is 61.6 cm³/mol. The van der Waals surface area contributed by atoms with Crippen molar-refractivity contribution in [3.05, 3.63) is 35.4 Å². The second-order valence-electron chi connectivity index (χ2n) is 4.92. The van der Waals surface area contributed by atoms with E-state index in [4.69, 9.17) is 0 Å². The summed E-state index contributed by atoms with van der Waals surface area (Å²) >= 11 is 0. The smallest absolute Gasteiger partial charge is 0.0157 e. The third-order valence-electron chi connectivity index (χ3n) is 3.25. The Kier molecular flexibility index (Phi) is 2.90. The molecule has 0 amide bonds. The monoisotopic (exact) mass is 188 g/mol. The van der Waals surface area contributed by atoms with Crippen LogP contribution in [0.2, 0.25) is 0 Å². The predicted octanol–water partition coefficient (Wildman–Crippen LogP) is 4.15. The fourth-order valence-electron chi connectivity index (χ4n) is 2.67. The molecule has 1 aromatic rings. The molecule has 1 aromatic carbocycles. The van der Waals surface area contributed by atoms with E-state index in [0.29, 0.717) is 0 Å². The van der Waals surface area contributed by atoms with Gasteiger partial charge in [0.05, 0.1) is 0 Å². The van der Waals surface area contributed by atoms with Crippen LogP contribution < -0.4 is 0 Å². The van der Waals surface area contributed by atoms with Gasteiger partial charge in [0.25, 0.3) is 0 Å². The molecule has 1 aliphatic carbocycles. The van der Waals surface area contributed by atoms with Crippen molar-refractivity contribution in [3.8, 4) is 0 Å². The van der Waals surface area contributed by atoms with Gasteiger partial charge in [0, 0.05) is 0 Å². The van der Waals surface area contributed by atoms with Gasteiger partial charge in [-0.3, -0.25) is 0 Å². The molecule has 0 aliphatic heterocycles. The zero-order chi connectivity index (χ0) is 9.97. The number of benzene rings is 1. The lowest BCUT2D eigenvalue weighted by Crippen LogP contribution is -2.11. The van der Waals surface area contributed by atoms with E-state index in [2.05, 4.69) is 38.1 Å². The quantitative estimate of drug-likeness (QED) is 0.654. The van der Waals surface area contributed by atoms with Crippen molar-refractivity contribution >= 4 is 0 Å². The molecule has 0 bridgehead atoms. The molecule has 0 aromatic heterocycles. The normalized spacial score (nSPS) is 20.9. The number of aryl methyl sites for hydroxylation is 1. The topological polar surface area (TPSA) is 0 Å². The largest absolute Gasteiger partial charge is 0.0628 e. The van der Waals surface area contributed by atoms with Crippen LogP contribution in [-0.2, 0) is 6.42 Å². The highest BCUT2D eigenvalue weighted by molar-refractivity contribution is 5.32. The van der Waals surface area contributed by atoms with E-state index >= 15 is 0 Å². The van der Waals surface area contributed by atoms with Crippen molar-refractivity contribution in [1.82, 2.24) is 0 Å². The number of hydrogen-bond acceptors (Lipinski definition) is 0. The van der Waals surface area contributed by atoms with Crippen molar-refractivity contribution < 1.29 is 0 Å². The first kappa shape index (κ1) is 9.76. The highest BCUT2D eigenvalue weighted by Crippen LogP contribution is 2.35. The SMILES string of the molecule is CC(C)CC1CCCc2ccccc21. The van der Waals surface area contributed by atoms with Crippen molar-refractivity contribution in [3.63, 3.8) is 0 Å².